The van der Waals surface area contributed by atoms with Gasteiger partial charge in [-0.05, 0) is 31.4 Å². The number of pyridine rings is 1. The highest BCUT2D eigenvalue weighted by Gasteiger charge is 2.30. The van der Waals surface area contributed by atoms with Crippen LogP contribution in [0, 0.1) is 12.8 Å². The minimum Gasteiger partial charge on any atom is -0.393 e. The Hall–Kier alpha value is -1.49. The van der Waals surface area contributed by atoms with Gasteiger partial charge in [0.25, 0.3) is 0 Å². The van der Waals surface area contributed by atoms with Gasteiger partial charge in [0.2, 0.25) is 0 Å². The second-order valence-electron chi connectivity index (χ2n) is 5.51. The van der Waals surface area contributed by atoms with Crippen LogP contribution in [0.3, 0.4) is 0 Å². The Morgan fingerprint density at radius 1 is 1.58 bits per heavy atom. The maximum atomic E-state index is 5.74. The molecule has 0 saturated heterocycles. The van der Waals surface area contributed by atoms with Crippen molar-refractivity contribution in [1.82, 2.24) is 14.5 Å². The number of aryl methyl sites for hydroxylation is 1. The number of rotatable bonds is 4. The molecule has 0 aliphatic heterocycles. The predicted octanol–water partition coefficient (Wildman–Crippen LogP) is 2.54. The zero-order chi connectivity index (χ0) is 13.6. The molecule has 5 heteroatoms. The van der Waals surface area contributed by atoms with Crippen LogP contribution in [0.25, 0.3) is 11.2 Å². The number of fused-ring (bicyclic) bond motifs is 1. The summed E-state index contributed by atoms with van der Waals surface area (Å²) in [6.07, 6.45) is 4.34. The third-order valence-electron chi connectivity index (χ3n) is 3.64. The molecule has 3 rings (SSSR count). The molecule has 4 nitrogen and oxygen atoms in total. The monoisotopic (exact) mass is 274 g/mol. The van der Waals surface area contributed by atoms with Gasteiger partial charge in [0.1, 0.15) is 11.3 Å². The smallest absolute Gasteiger partial charge is 0.160 e. The summed E-state index contributed by atoms with van der Waals surface area (Å²) >= 11 is 5.08. The Morgan fingerprint density at radius 3 is 2.95 bits per heavy atom. The van der Waals surface area contributed by atoms with Crippen molar-refractivity contribution in [3.8, 4) is 0 Å². The number of hydrogen-bond acceptors (Lipinski definition) is 3. The van der Waals surface area contributed by atoms with E-state index in [1.807, 2.05) is 13.1 Å². The fourth-order valence-electron chi connectivity index (χ4n) is 2.33. The van der Waals surface area contributed by atoms with Crippen LogP contribution in [0.5, 0.6) is 0 Å². The summed E-state index contributed by atoms with van der Waals surface area (Å²) in [7, 11) is 0. The van der Waals surface area contributed by atoms with Crippen LogP contribution in [0.2, 0.25) is 0 Å². The molecular weight excluding hydrogens is 256 g/mol. The van der Waals surface area contributed by atoms with E-state index in [4.69, 9.17) is 22.9 Å². The fraction of sp³-hybridized carbons (Fsp3) is 0.500. The summed E-state index contributed by atoms with van der Waals surface area (Å²) < 4.78 is 2.20. The minimum atomic E-state index is 0.160. The van der Waals surface area contributed by atoms with Crippen LogP contribution in [-0.2, 0) is 6.54 Å². The molecule has 1 aliphatic carbocycles. The molecule has 0 aromatic carbocycles. The van der Waals surface area contributed by atoms with Gasteiger partial charge in [0.05, 0.1) is 4.99 Å². The molecule has 0 amide bonds. The average Bonchev–Trinajstić information content (AvgIpc) is 3.13. The van der Waals surface area contributed by atoms with E-state index in [1.165, 1.54) is 12.8 Å². The average molecular weight is 274 g/mol. The number of hydrogen-bond donors (Lipinski definition) is 1. The highest BCUT2D eigenvalue weighted by molar-refractivity contribution is 7.80. The van der Waals surface area contributed by atoms with Gasteiger partial charge >= 0.3 is 0 Å². The van der Waals surface area contributed by atoms with E-state index in [1.54, 1.807) is 0 Å². The van der Waals surface area contributed by atoms with Crippen molar-refractivity contribution in [1.29, 1.82) is 0 Å². The summed E-state index contributed by atoms with van der Waals surface area (Å²) in [6, 6.07) is 2.09. The van der Waals surface area contributed by atoms with Gasteiger partial charge in [-0.3, -0.25) is 0 Å². The third kappa shape index (κ3) is 2.34. The highest BCUT2D eigenvalue weighted by Crippen LogP contribution is 2.40. The number of thiocarbonyl (C=S) groups is 1. The maximum absolute atomic E-state index is 5.74. The SMILES string of the molecule is Cc1cnc2c(c1)nc(C1CC1)n2CC(C)C(N)=S. The zero-order valence-corrected chi connectivity index (χ0v) is 12.1. The topological polar surface area (TPSA) is 56.7 Å². The van der Waals surface area contributed by atoms with Gasteiger partial charge < -0.3 is 10.3 Å². The van der Waals surface area contributed by atoms with E-state index >= 15 is 0 Å². The fourth-order valence-corrected chi connectivity index (χ4v) is 2.40. The van der Waals surface area contributed by atoms with Crippen LogP contribution >= 0.6 is 12.2 Å². The highest BCUT2D eigenvalue weighted by atomic mass is 32.1. The molecule has 0 radical (unpaired) electrons. The summed E-state index contributed by atoms with van der Waals surface area (Å²) in [6.45, 7) is 4.87. The van der Waals surface area contributed by atoms with Crippen LogP contribution in [0.1, 0.15) is 37.1 Å². The van der Waals surface area contributed by atoms with Gasteiger partial charge in [-0.25, -0.2) is 9.97 Å². The van der Waals surface area contributed by atoms with Crippen molar-refractivity contribution in [3.63, 3.8) is 0 Å². The molecule has 100 valence electrons. The van der Waals surface area contributed by atoms with E-state index in [2.05, 4.69) is 22.5 Å². The molecule has 1 atom stereocenters. The van der Waals surface area contributed by atoms with E-state index in [0.717, 1.165) is 29.1 Å². The first-order chi connectivity index (χ1) is 9.06. The first kappa shape index (κ1) is 12.5. The molecule has 2 N–H and O–H groups in total. The Balaban J connectivity index is 2.08. The zero-order valence-electron chi connectivity index (χ0n) is 11.3. The van der Waals surface area contributed by atoms with Crippen molar-refractivity contribution in [3.05, 3.63) is 23.7 Å². The Morgan fingerprint density at radius 2 is 2.32 bits per heavy atom. The molecule has 2 aromatic rings. The molecular formula is C14H18N4S. The van der Waals surface area contributed by atoms with Crippen LogP contribution < -0.4 is 5.73 Å². The molecule has 19 heavy (non-hydrogen) atoms. The first-order valence-electron chi connectivity index (χ1n) is 6.68. The van der Waals surface area contributed by atoms with E-state index in [0.29, 0.717) is 10.9 Å². The predicted molar refractivity (Wildman–Crippen MR) is 80.2 cm³/mol. The van der Waals surface area contributed by atoms with Crippen molar-refractivity contribution < 1.29 is 0 Å². The number of nitrogens with two attached hydrogens (primary N) is 1. The number of imidazole rings is 1. The van der Waals surface area contributed by atoms with Crippen molar-refractivity contribution in [2.75, 3.05) is 0 Å². The molecule has 2 aromatic heterocycles. The van der Waals surface area contributed by atoms with E-state index in [-0.39, 0.29) is 5.92 Å². The van der Waals surface area contributed by atoms with E-state index in [9.17, 15) is 0 Å². The van der Waals surface area contributed by atoms with E-state index < -0.39 is 0 Å². The Bertz CT molecular complexity index is 642. The van der Waals surface area contributed by atoms with Crippen LogP contribution in [0.15, 0.2) is 12.3 Å². The van der Waals surface area contributed by atoms with Gasteiger partial charge in [0, 0.05) is 24.6 Å². The lowest BCUT2D eigenvalue weighted by atomic mass is 10.2. The number of nitrogens with zero attached hydrogens (tertiary/aromatic N) is 3. The quantitative estimate of drug-likeness (QED) is 0.870. The summed E-state index contributed by atoms with van der Waals surface area (Å²) in [4.78, 5) is 9.86. The lowest BCUT2D eigenvalue weighted by molar-refractivity contribution is 0.583. The second kappa shape index (κ2) is 4.56. The Kier molecular flexibility index (Phi) is 3.01. The Labute approximate surface area is 118 Å². The third-order valence-corrected chi connectivity index (χ3v) is 4.04. The van der Waals surface area contributed by atoms with Crippen LogP contribution in [0.4, 0.5) is 0 Å². The number of aromatic nitrogens is 3. The van der Waals surface area contributed by atoms with Gasteiger partial charge in [-0.2, -0.15) is 0 Å². The molecule has 0 bridgehead atoms. The standard InChI is InChI=1S/C14H18N4S/c1-8-5-11-14(16-6-8)18(7-9(2)12(15)19)13(17-11)10-3-4-10/h5-6,9-10H,3-4,7H2,1-2H3,(H2,15,19). The van der Waals surface area contributed by atoms with Crippen molar-refractivity contribution >= 4 is 28.4 Å². The molecule has 1 fully saturated rings. The molecule has 1 unspecified atom stereocenters. The normalized spacial score (nSPS) is 16.7. The van der Waals surface area contributed by atoms with Gasteiger partial charge in [0.15, 0.2) is 5.65 Å². The first-order valence-corrected chi connectivity index (χ1v) is 7.09. The van der Waals surface area contributed by atoms with Gasteiger partial charge in [-0.1, -0.05) is 19.1 Å². The molecule has 0 spiro atoms. The van der Waals surface area contributed by atoms with Crippen molar-refractivity contribution in [2.24, 2.45) is 11.7 Å². The summed E-state index contributed by atoms with van der Waals surface area (Å²) in [5, 5.41) is 0. The van der Waals surface area contributed by atoms with Crippen LogP contribution in [-0.4, -0.2) is 19.5 Å². The van der Waals surface area contributed by atoms with Gasteiger partial charge in [-0.15, -0.1) is 0 Å². The molecule has 1 saturated carbocycles. The summed E-state index contributed by atoms with van der Waals surface area (Å²) in [5.41, 5.74) is 8.82. The minimum absolute atomic E-state index is 0.160. The lowest BCUT2D eigenvalue weighted by Crippen LogP contribution is -2.23. The molecule has 2 heterocycles. The van der Waals surface area contributed by atoms with Crippen molar-refractivity contribution in [2.45, 2.75) is 39.2 Å². The second-order valence-corrected chi connectivity index (χ2v) is 5.99. The maximum Gasteiger partial charge on any atom is 0.160 e. The lowest BCUT2D eigenvalue weighted by Gasteiger charge is -2.13. The molecule has 1 aliphatic rings. The summed E-state index contributed by atoms with van der Waals surface area (Å²) in [5.74, 6) is 1.90. The largest absolute Gasteiger partial charge is 0.393 e.